The molecule has 2 unspecified atom stereocenters. The minimum atomic E-state index is -0.702. The van der Waals surface area contributed by atoms with E-state index in [0.717, 1.165) is 12.8 Å². The van der Waals surface area contributed by atoms with E-state index >= 15 is 0 Å². The summed E-state index contributed by atoms with van der Waals surface area (Å²) in [5.41, 5.74) is 0.372. The van der Waals surface area contributed by atoms with Crippen molar-refractivity contribution in [3.05, 3.63) is 34.6 Å². The summed E-state index contributed by atoms with van der Waals surface area (Å²) in [5.74, 6) is 0.0399. The van der Waals surface area contributed by atoms with Crippen molar-refractivity contribution in [2.75, 3.05) is 6.61 Å². The summed E-state index contributed by atoms with van der Waals surface area (Å²) in [6, 6.07) is 4.56. The van der Waals surface area contributed by atoms with Crippen molar-refractivity contribution in [3.8, 4) is 0 Å². The minimum Gasteiger partial charge on any atom is -0.390 e. The van der Waals surface area contributed by atoms with Crippen LogP contribution < -0.4 is 0 Å². The van der Waals surface area contributed by atoms with Gasteiger partial charge in [0.05, 0.1) is 12.2 Å². The molecule has 1 aliphatic rings. The number of benzene rings is 1. The largest absolute Gasteiger partial charge is 0.390 e. The summed E-state index contributed by atoms with van der Waals surface area (Å²) in [7, 11) is 0. The molecule has 1 aliphatic carbocycles. The van der Waals surface area contributed by atoms with Crippen LogP contribution in [0.1, 0.15) is 25.3 Å². The van der Waals surface area contributed by atoms with Gasteiger partial charge in [-0.2, -0.15) is 0 Å². The first-order valence-corrected chi connectivity index (χ1v) is 6.73. The Morgan fingerprint density at radius 2 is 2.22 bits per heavy atom. The molecule has 0 saturated heterocycles. The molecule has 2 nitrogen and oxygen atoms in total. The summed E-state index contributed by atoms with van der Waals surface area (Å²) in [5, 5.41) is 10.6. The molecular formula is C14H18ClFO2. The summed E-state index contributed by atoms with van der Waals surface area (Å²) in [6.07, 6.45) is 1.45. The van der Waals surface area contributed by atoms with E-state index in [2.05, 4.69) is 0 Å². The second-order valence-electron chi connectivity index (χ2n) is 4.73. The molecule has 1 N–H and O–H groups in total. The highest BCUT2D eigenvalue weighted by molar-refractivity contribution is 6.31. The smallest absolute Gasteiger partial charge is 0.127 e. The van der Waals surface area contributed by atoms with Crippen molar-refractivity contribution in [2.45, 2.75) is 38.4 Å². The highest BCUT2D eigenvalue weighted by atomic mass is 35.5. The van der Waals surface area contributed by atoms with Crippen molar-refractivity contribution in [2.24, 2.45) is 5.92 Å². The molecule has 100 valence electrons. The molecule has 0 aromatic heterocycles. The van der Waals surface area contributed by atoms with E-state index < -0.39 is 6.10 Å². The van der Waals surface area contributed by atoms with Crippen LogP contribution in [0.5, 0.6) is 0 Å². The van der Waals surface area contributed by atoms with Crippen LogP contribution in [-0.4, -0.2) is 23.9 Å². The molecule has 0 amide bonds. The van der Waals surface area contributed by atoms with E-state index in [1.54, 1.807) is 12.1 Å². The van der Waals surface area contributed by atoms with E-state index in [4.69, 9.17) is 16.3 Å². The van der Waals surface area contributed by atoms with E-state index in [1.807, 2.05) is 6.92 Å². The van der Waals surface area contributed by atoms with Gasteiger partial charge >= 0.3 is 0 Å². The van der Waals surface area contributed by atoms with Gasteiger partial charge in [0.1, 0.15) is 5.82 Å². The van der Waals surface area contributed by atoms with E-state index in [-0.39, 0.29) is 18.3 Å². The van der Waals surface area contributed by atoms with Crippen molar-refractivity contribution in [1.29, 1.82) is 0 Å². The van der Waals surface area contributed by atoms with Crippen LogP contribution >= 0.6 is 11.6 Å². The maximum absolute atomic E-state index is 13.6. The molecule has 0 radical (unpaired) electrons. The average Bonchev–Trinajstić information content (AvgIpc) is 3.15. The van der Waals surface area contributed by atoms with Crippen LogP contribution in [0, 0.1) is 11.7 Å². The van der Waals surface area contributed by atoms with Crippen molar-refractivity contribution in [3.63, 3.8) is 0 Å². The molecule has 2 atom stereocenters. The number of halogens is 2. The molecule has 1 fully saturated rings. The van der Waals surface area contributed by atoms with Gasteiger partial charge in [-0.1, -0.05) is 17.7 Å². The molecular weight excluding hydrogens is 255 g/mol. The van der Waals surface area contributed by atoms with Crippen LogP contribution in [0.15, 0.2) is 18.2 Å². The monoisotopic (exact) mass is 272 g/mol. The fourth-order valence-electron chi connectivity index (χ4n) is 2.23. The van der Waals surface area contributed by atoms with Crippen molar-refractivity contribution >= 4 is 11.6 Å². The topological polar surface area (TPSA) is 29.5 Å². The number of aliphatic hydroxyl groups is 1. The highest BCUT2D eigenvalue weighted by Crippen LogP contribution is 2.37. The van der Waals surface area contributed by atoms with Crippen molar-refractivity contribution in [1.82, 2.24) is 0 Å². The lowest BCUT2D eigenvalue weighted by molar-refractivity contribution is -0.0442. The van der Waals surface area contributed by atoms with E-state index in [0.29, 0.717) is 23.1 Å². The highest BCUT2D eigenvalue weighted by Gasteiger charge is 2.37. The molecule has 4 heteroatoms. The number of hydrogen-bond acceptors (Lipinski definition) is 2. The van der Waals surface area contributed by atoms with E-state index in [1.165, 1.54) is 6.07 Å². The van der Waals surface area contributed by atoms with Crippen LogP contribution in [0.3, 0.4) is 0 Å². The number of rotatable bonds is 6. The Morgan fingerprint density at radius 1 is 1.50 bits per heavy atom. The SMILES string of the molecule is CCOC(C(O)Cc1c(F)cccc1Cl)C1CC1. The zero-order chi connectivity index (χ0) is 13.1. The predicted molar refractivity (Wildman–Crippen MR) is 69.3 cm³/mol. The molecule has 0 spiro atoms. The summed E-state index contributed by atoms with van der Waals surface area (Å²) < 4.78 is 19.2. The summed E-state index contributed by atoms with van der Waals surface area (Å²) >= 11 is 5.96. The van der Waals surface area contributed by atoms with Crippen molar-refractivity contribution < 1.29 is 14.2 Å². The van der Waals surface area contributed by atoms with Gasteiger partial charge < -0.3 is 9.84 Å². The van der Waals surface area contributed by atoms with Gasteiger partial charge in [-0.3, -0.25) is 0 Å². The van der Waals surface area contributed by atoms with E-state index in [9.17, 15) is 9.50 Å². The first-order valence-electron chi connectivity index (χ1n) is 6.36. The quantitative estimate of drug-likeness (QED) is 0.862. The molecule has 1 aromatic rings. The molecule has 0 heterocycles. The molecule has 1 aromatic carbocycles. The third-order valence-electron chi connectivity index (χ3n) is 3.30. The maximum Gasteiger partial charge on any atom is 0.127 e. The number of hydrogen-bond donors (Lipinski definition) is 1. The Hall–Kier alpha value is -0.640. The molecule has 18 heavy (non-hydrogen) atoms. The van der Waals surface area contributed by atoms with Crippen LogP contribution in [0.25, 0.3) is 0 Å². The van der Waals surface area contributed by atoms with Gasteiger partial charge in [0.2, 0.25) is 0 Å². The zero-order valence-electron chi connectivity index (χ0n) is 10.4. The molecule has 0 bridgehead atoms. The lowest BCUT2D eigenvalue weighted by Crippen LogP contribution is -2.33. The second-order valence-corrected chi connectivity index (χ2v) is 5.14. The standard InChI is InChI=1S/C14H18ClFO2/c1-2-18-14(9-6-7-9)13(17)8-10-11(15)4-3-5-12(10)16/h3-5,9,13-14,17H,2,6-8H2,1H3. The lowest BCUT2D eigenvalue weighted by atomic mass is 10.0. The Bertz CT molecular complexity index is 387. The Labute approximate surface area is 112 Å². The molecule has 0 aliphatic heterocycles. The van der Waals surface area contributed by atoms with Crippen LogP contribution in [0.2, 0.25) is 5.02 Å². The van der Waals surface area contributed by atoms with Gasteiger partial charge in [0.15, 0.2) is 0 Å². The average molecular weight is 273 g/mol. The van der Waals surface area contributed by atoms with Gasteiger partial charge in [-0.25, -0.2) is 4.39 Å². The Kier molecular flexibility index (Phi) is 4.60. The third kappa shape index (κ3) is 3.22. The summed E-state index contributed by atoms with van der Waals surface area (Å²) in [4.78, 5) is 0. The van der Waals surface area contributed by atoms with Gasteiger partial charge in [0, 0.05) is 23.6 Å². The van der Waals surface area contributed by atoms with Gasteiger partial charge in [-0.05, 0) is 37.8 Å². The minimum absolute atomic E-state index is 0.201. The Morgan fingerprint density at radius 3 is 2.78 bits per heavy atom. The molecule has 2 rings (SSSR count). The molecule has 1 saturated carbocycles. The van der Waals surface area contributed by atoms with Crippen LogP contribution in [0.4, 0.5) is 4.39 Å². The van der Waals surface area contributed by atoms with Gasteiger partial charge in [-0.15, -0.1) is 0 Å². The fourth-order valence-corrected chi connectivity index (χ4v) is 2.47. The second kappa shape index (κ2) is 6.00. The summed E-state index contributed by atoms with van der Waals surface area (Å²) in [6.45, 7) is 2.46. The Balaban J connectivity index is 2.07. The van der Waals surface area contributed by atoms with Gasteiger partial charge in [0.25, 0.3) is 0 Å². The first kappa shape index (κ1) is 13.8. The normalized spacial score (nSPS) is 18.7. The maximum atomic E-state index is 13.6. The predicted octanol–water partition coefficient (Wildman–Crippen LogP) is 3.20. The fraction of sp³-hybridized carbons (Fsp3) is 0.571. The zero-order valence-corrected chi connectivity index (χ0v) is 11.2. The lowest BCUT2D eigenvalue weighted by Gasteiger charge is -2.23. The number of aliphatic hydroxyl groups excluding tert-OH is 1. The third-order valence-corrected chi connectivity index (χ3v) is 3.65. The number of ether oxygens (including phenoxy) is 1. The van der Waals surface area contributed by atoms with Crippen LogP contribution in [-0.2, 0) is 11.2 Å². The first-order chi connectivity index (χ1) is 8.63.